The van der Waals surface area contributed by atoms with E-state index in [2.05, 4.69) is 219 Å². The molecule has 0 radical (unpaired) electrons. The Labute approximate surface area is 383 Å². The fourth-order valence-corrected chi connectivity index (χ4v) is 10.6. The van der Waals surface area contributed by atoms with Crippen LogP contribution in [-0.4, -0.2) is 19.5 Å². The van der Waals surface area contributed by atoms with Crippen LogP contribution in [-0.2, 0) is 5.41 Å². The van der Waals surface area contributed by atoms with Crippen molar-refractivity contribution in [3.05, 3.63) is 230 Å². The third kappa shape index (κ3) is 5.95. The van der Waals surface area contributed by atoms with Crippen molar-refractivity contribution < 1.29 is 0 Å². The summed E-state index contributed by atoms with van der Waals surface area (Å²) in [4.78, 5) is 15.9. The molecule has 1 aliphatic carbocycles. The van der Waals surface area contributed by atoms with Crippen molar-refractivity contribution in [2.75, 3.05) is 0 Å². The Balaban J connectivity index is 1.03. The monoisotopic (exact) mass is 842 g/mol. The summed E-state index contributed by atoms with van der Waals surface area (Å²) in [6.45, 7) is 4.76. The number of para-hydroxylation sites is 1. The molecule has 0 amide bonds. The minimum absolute atomic E-state index is 0.175. The lowest BCUT2D eigenvalue weighted by atomic mass is 9.82. The first kappa shape index (κ1) is 38.0. The Kier molecular flexibility index (Phi) is 8.53. The molecule has 66 heavy (non-hydrogen) atoms. The summed E-state index contributed by atoms with van der Waals surface area (Å²) in [5.74, 6) is 1.87. The fourth-order valence-electron chi connectivity index (χ4n) is 10.6. The van der Waals surface area contributed by atoms with Gasteiger partial charge in [-0.25, -0.2) is 15.0 Å². The van der Waals surface area contributed by atoms with Gasteiger partial charge in [-0.15, -0.1) is 0 Å². The summed E-state index contributed by atoms with van der Waals surface area (Å²) in [6, 6.07) is 78.4. The van der Waals surface area contributed by atoms with Crippen LogP contribution < -0.4 is 0 Å². The largest absolute Gasteiger partial charge is 0.309 e. The van der Waals surface area contributed by atoms with Crippen molar-refractivity contribution in [1.29, 1.82) is 0 Å². The van der Waals surface area contributed by atoms with E-state index in [-0.39, 0.29) is 5.41 Å². The molecule has 2 aromatic heterocycles. The average Bonchev–Trinajstić information content (AvgIpc) is 3.82. The van der Waals surface area contributed by atoms with E-state index >= 15 is 0 Å². The summed E-state index contributed by atoms with van der Waals surface area (Å²) in [5.41, 5.74) is 16.0. The van der Waals surface area contributed by atoms with E-state index in [1.165, 1.54) is 54.8 Å². The Morgan fingerprint density at radius 1 is 0.333 bits per heavy atom. The van der Waals surface area contributed by atoms with Crippen LogP contribution >= 0.6 is 0 Å². The van der Waals surface area contributed by atoms with Gasteiger partial charge in [0, 0.05) is 38.3 Å². The average molecular weight is 843 g/mol. The topological polar surface area (TPSA) is 43.6 Å². The Morgan fingerprint density at radius 3 is 1.58 bits per heavy atom. The Hall–Kier alpha value is -8.47. The zero-order chi connectivity index (χ0) is 43.9. The first-order chi connectivity index (χ1) is 32.5. The molecule has 0 aliphatic heterocycles. The number of fused-ring (bicyclic) bond motifs is 9. The van der Waals surface area contributed by atoms with E-state index in [9.17, 15) is 0 Å². The molecule has 13 rings (SSSR count). The summed E-state index contributed by atoms with van der Waals surface area (Å²) in [6.07, 6.45) is 0. The molecule has 0 saturated carbocycles. The molecule has 4 nitrogen and oxygen atoms in total. The van der Waals surface area contributed by atoms with E-state index < -0.39 is 0 Å². The highest BCUT2D eigenvalue weighted by Gasteiger charge is 2.37. The fraction of sp³-hybridized carbons (Fsp3) is 0.0484. The van der Waals surface area contributed by atoms with E-state index in [0.29, 0.717) is 17.5 Å². The van der Waals surface area contributed by atoms with E-state index in [4.69, 9.17) is 15.0 Å². The van der Waals surface area contributed by atoms with Gasteiger partial charge in [0.05, 0.1) is 16.7 Å². The van der Waals surface area contributed by atoms with Crippen molar-refractivity contribution in [1.82, 2.24) is 19.5 Å². The number of nitrogens with zero attached hydrogens (tertiary/aromatic N) is 4. The highest BCUT2D eigenvalue weighted by Crippen LogP contribution is 2.53. The summed E-state index contributed by atoms with van der Waals surface area (Å²) >= 11 is 0. The SMILES string of the molecule is CC1(C)c2cc3c(cc2-c2c1ccc1ccccc21)c1ccccc1n3-c1ccc(-c2nc(-c3ccccc3)nc(-c3cc(-c4ccccc4)cc(-c4ccccc4)c3)n2)c2ccccc12. The molecule has 0 bridgehead atoms. The maximum atomic E-state index is 5.38. The molecule has 0 unspecified atom stereocenters. The Morgan fingerprint density at radius 2 is 0.879 bits per heavy atom. The molecule has 0 atom stereocenters. The van der Waals surface area contributed by atoms with Crippen molar-refractivity contribution in [3.63, 3.8) is 0 Å². The van der Waals surface area contributed by atoms with Crippen molar-refractivity contribution in [2.24, 2.45) is 0 Å². The lowest BCUT2D eigenvalue weighted by Crippen LogP contribution is -2.15. The third-order valence-corrected chi connectivity index (χ3v) is 13.8. The maximum Gasteiger partial charge on any atom is 0.164 e. The molecule has 0 N–H and O–H groups in total. The van der Waals surface area contributed by atoms with Gasteiger partial charge in [0.25, 0.3) is 0 Å². The van der Waals surface area contributed by atoms with Crippen LogP contribution in [0.15, 0.2) is 218 Å². The van der Waals surface area contributed by atoms with Crippen LogP contribution in [0.1, 0.15) is 25.0 Å². The van der Waals surface area contributed by atoms with E-state index in [1.54, 1.807) is 0 Å². The molecule has 0 spiro atoms. The van der Waals surface area contributed by atoms with Gasteiger partial charge in [0.1, 0.15) is 0 Å². The highest BCUT2D eigenvalue weighted by molar-refractivity contribution is 6.15. The lowest BCUT2D eigenvalue weighted by molar-refractivity contribution is 0.661. The second-order valence-electron chi connectivity index (χ2n) is 18.0. The van der Waals surface area contributed by atoms with Crippen LogP contribution in [0.25, 0.3) is 117 Å². The molecule has 0 fully saturated rings. The number of aromatic nitrogens is 4. The number of hydrogen-bond donors (Lipinski definition) is 0. The molecular formula is C62H42N4. The van der Waals surface area contributed by atoms with Gasteiger partial charge in [-0.2, -0.15) is 0 Å². The van der Waals surface area contributed by atoms with E-state index in [0.717, 1.165) is 55.4 Å². The maximum absolute atomic E-state index is 5.38. The van der Waals surface area contributed by atoms with Crippen LogP contribution in [0.4, 0.5) is 0 Å². The second kappa shape index (κ2) is 14.8. The smallest absolute Gasteiger partial charge is 0.164 e. The normalized spacial score (nSPS) is 12.8. The first-order valence-electron chi connectivity index (χ1n) is 22.7. The molecule has 1 aliphatic rings. The second-order valence-corrected chi connectivity index (χ2v) is 18.0. The molecule has 0 saturated heterocycles. The van der Waals surface area contributed by atoms with Crippen molar-refractivity contribution in [2.45, 2.75) is 19.3 Å². The summed E-state index contributed by atoms with van der Waals surface area (Å²) < 4.78 is 2.47. The van der Waals surface area contributed by atoms with Crippen LogP contribution in [0.3, 0.4) is 0 Å². The molecular weight excluding hydrogens is 801 g/mol. The van der Waals surface area contributed by atoms with Crippen LogP contribution in [0, 0.1) is 0 Å². The Bertz CT molecular complexity index is 3830. The van der Waals surface area contributed by atoms with Gasteiger partial charge in [-0.05, 0) is 109 Å². The number of benzene rings is 10. The van der Waals surface area contributed by atoms with Gasteiger partial charge < -0.3 is 4.57 Å². The van der Waals surface area contributed by atoms with Gasteiger partial charge in [-0.1, -0.05) is 184 Å². The van der Waals surface area contributed by atoms with Crippen LogP contribution in [0.5, 0.6) is 0 Å². The first-order valence-corrected chi connectivity index (χ1v) is 22.7. The van der Waals surface area contributed by atoms with Crippen LogP contribution in [0.2, 0.25) is 0 Å². The standard InChI is InChI=1S/C62H42N4/c1-62(2)53-32-30-41-22-12-13-25-46(41)58(53)52-37-51-49-28-16-17-29-55(49)66(57(51)38-54(52)62)56-33-31-50(47-26-14-15-27-48(47)56)61-64-59(42-23-10-5-11-24-42)63-60(65-61)45-35-43(39-18-6-3-7-19-39)34-44(36-45)40-20-8-4-9-21-40/h3-38H,1-2H3. The van der Waals surface area contributed by atoms with E-state index in [1.807, 2.05) is 18.2 Å². The molecule has 2 heterocycles. The predicted molar refractivity (Wildman–Crippen MR) is 274 cm³/mol. The molecule has 10 aromatic carbocycles. The molecule has 4 heteroatoms. The number of rotatable bonds is 6. The quantitative estimate of drug-likeness (QED) is 0.167. The van der Waals surface area contributed by atoms with Gasteiger partial charge in [0.15, 0.2) is 17.5 Å². The zero-order valence-electron chi connectivity index (χ0n) is 36.6. The van der Waals surface area contributed by atoms with Gasteiger partial charge in [0.2, 0.25) is 0 Å². The highest BCUT2D eigenvalue weighted by atomic mass is 15.0. The molecule has 310 valence electrons. The minimum Gasteiger partial charge on any atom is -0.309 e. The third-order valence-electron chi connectivity index (χ3n) is 13.8. The van der Waals surface area contributed by atoms with Crippen molar-refractivity contribution >= 4 is 43.4 Å². The summed E-state index contributed by atoms with van der Waals surface area (Å²) in [7, 11) is 0. The lowest BCUT2D eigenvalue weighted by Gasteiger charge is -2.22. The molecule has 12 aromatic rings. The van der Waals surface area contributed by atoms with Crippen molar-refractivity contribution in [3.8, 4) is 73.2 Å². The van der Waals surface area contributed by atoms with Gasteiger partial charge >= 0.3 is 0 Å². The van der Waals surface area contributed by atoms with Gasteiger partial charge in [-0.3, -0.25) is 0 Å². The summed E-state index contributed by atoms with van der Waals surface area (Å²) in [5, 5.41) is 7.25. The number of hydrogen-bond acceptors (Lipinski definition) is 3. The zero-order valence-corrected chi connectivity index (χ0v) is 36.6. The minimum atomic E-state index is -0.175. The predicted octanol–water partition coefficient (Wildman–Crippen LogP) is 15.9.